The van der Waals surface area contributed by atoms with Crippen molar-refractivity contribution >= 4 is 11.5 Å². The molecule has 92 valence electrons. The summed E-state index contributed by atoms with van der Waals surface area (Å²) < 4.78 is 0. The number of rotatable bonds is 3. The number of aryl methyl sites for hydroxylation is 1. The Morgan fingerprint density at radius 1 is 1.65 bits per heavy atom. The summed E-state index contributed by atoms with van der Waals surface area (Å²) in [5.41, 5.74) is 6.49. The van der Waals surface area contributed by atoms with Crippen molar-refractivity contribution in [2.24, 2.45) is 11.7 Å². The van der Waals surface area contributed by atoms with E-state index in [1.165, 1.54) is 6.07 Å². The van der Waals surface area contributed by atoms with Crippen LogP contribution in [0.3, 0.4) is 0 Å². The fourth-order valence-electron chi connectivity index (χ4n) is 2.13. The highest BCUT2D eigenvalue weighted by Crippen LogP contribution is 2.30. The fraction of sp³-hybridized carbons (Fsp3) is 0.545. The molecule has 0 aliphatic carbocycles. The maximum atomic E-state index is 11.0. The number of nitrogens with two attached hydrogens (primary N) is 1. The smallest absolute Gasteiger partial charge is 0.311 e. The number of anilines is 1. The van der Waals surface area contributed by atoms with E-state index in [2.05, 4.69) is 4.98 Å². The molecule has 0 amide bonds. The molecule has 6 nitrogen and oxygen atoms in total. The lowest BCUT2D eigenvalue weighted by atomic mass is 10.1. The van der Waals surface area contributed by atoms with Crippen LogP contribution >= 0.6 is 0 Å². The van der Waals surface area contributed by atoms with Gasteiger partial charge >= 0.3 is 5.69 Å². The molecule has 1 aliphatic heterocycles. The minimum Gasteiger partial charge on any atom is -0.351 e. The van der Waals surface area contributed by atoms with Gasteiger partial charge in [0.1, 0.15) is 0 Å². The van der Waals surface area contributed by atoms with E-state index in [4.69, 9.17) is 5.73 Å². The maximum absolute atomic E-state index is 11.0. The third-order valence-corrected chi connectivity index (χ3v) is 3.11. The first-order chi connectivity index (χ1) is 8.11. The molecule has 2 heterocycles. The summed E-state index contributed by atoms with van der Waals surface area (Å²) in [6.07, 6.45) is 0.975. The van der Waals surface area contributed by atoms with E-state index < -0.39 is 0 Å². The Kier molecular flexibility index (Phi) is 3.23. The van der Waals surface area contributed by atoms with Crippen molar-refractivity contribution in [2.45, 2.75) is 13.3 Å². The van der Waals surface area contributed by atoms with Crippen LogP contribution in [-0.4, -0.2) is 29.5 Å². The lowest BCUT2D eigenvalue weighted by molar-refractivity contribution is -0.384. The Balaban J connectivity index is 2.31. The first-order valence-electron chi connectivity index (χ1n) is 5.69. The third kappa shape index (κ3) is 2.36. The molecule has 1 atom stereocenters. The summed E-state index contributed by atoms with van der Waals surface area (Å²) in [4.78, 5) is 16.8. The SMILES string of the molecule is Cc1ccc([N+](=O)[O-])c(N2CCC(CN)C2)n1. The van der Waals surface area contributed by atoms with E-state index in [-0.39, 0.29) is 10.6 Å². The van der Waals surface area contributed by atoms with Gasteiger partial charge in [-0.05, 0) is 31.9 Å². The second kappa shape index (κ2) is 4.67. The molecule has 0 radical (unpaired) electrons. The fourth-order valence-corrected chi connectivity index (χ4v) is 2.13. The number of aromatic nitrogens is 1. The minimum absolute atomic E-state index is 0.0771. The number of nitrogens with zero attached hydrogens (tertiary/aromatic N) is 3. The summed E-state index contributed by atoms with van der Waals surface area (Å²) in [5, 5.41) is 11.0. The zero-order valence-corrected chi connectivity index (χ0v) is 9.80. The maximum Gasteiger partial charge on any atom is 0.311 e. The van der Waals surface area contributed by atoms with Crippen LogP contribution in [0.5, 0.6) is 0 Å². The molecule has 1 fully saturated rings. The Morgan fingerprint density at radius 3 is 3.00 bits per heavy atom. The lowest BCUT2D eigenvalue weighted by Crippen LogP contribution is -2.24. The van der Waals surface area contributed by atoms with E-state index in [0.717, 1.165) is 25.2 Å². The van der Waals surface area contributed by atoms with Gasteiger partial charge in [0.05, 0.1) is 4.92 Å². The predicted molar refractivity (Wildman–Crippen MR) is 65.0 cm³/mol. The molecule has 0 bridgehead atoms. The van der Waals surface area contributed by atoms with Crippen LogP contribution in [0.4, 0.5) is 11.5 Å². The third-order valence-electron chi connectivity index (χ3n) is 3.11. The van der Waals surface area contributed by atoms with Crippen LogP contribution in [0.2, 0.25) is 0 Å². The summed E-state index contributed by atoms with van der Waals surface area (Å²) in [6.45, 7) is 4.01. The van der Waals surface area contributed by atoms with Crippen LogP contribution in [0.25, 0.3) is 0 Å². The quantitative estimate of drug-likeness (QED) is 0.627. The molecule has 2 rings (SSSR count). The Hall–Kier alpha value is -1.69. The van der Waals surface area contributed by atoms with E-state index in [9.17, 15) is 10.1 Å². The molecule has 0 spiro atoms. The monoisotopic (exact) mass is 236 g/mol. The van der Waals surface area contributed by atoms with Gasteiger partial charge in [0, 0.05) is 24.8 Å². The number of pyridine rings is 1. The minimum atomic E-state index is -0.377. The van der Waals surface area contributed by atoms with Crippen molar-refractivity contribution in [3.63, 3.8) is 0 Å². The summed E-state index contributed by atoms with van der Waals surface area (Å²) in [7, 11) is 0. The van der Waals surface area contributed by atoms with Crippen molar-refractivity contribution in [1.29, 1.82) is 0 Å². The largest absolute Gasteiger partial charge is 0.351 e. The van der Waals surface area contributed by atoms with Gasteiger partial charge in [0.25, 0.3) is 0 Å². The molecule has 6 heteroatoms. The second-order valence-corrected chi connectivity index (χ2v) is 4.39. The molecular formula is C11H16N4O2. The standard InChI is InChI=1S/C11H16N4O2/c1-8-2-3-10(15(16)17)11(13-8)14-5-4-9(6-12)7-14/h2-3,9H,4-7,12H2,1H3. The van der Waals surface area contributed by atoms with Gasteiger partial charge in [-0.15, -0.1) is 0 Å². The summed E-state index contributed by atoms with van der Waals surface area (Å²) in [6, 6.07) is 3.19. The van der Waals surface area contributed by atoms with Crippen molar-refractivity contribution < 1.29 is 4.92 Å². The number of hydrogen-bond donors (Lipinski definition) is 1. The van der Waals surface area contributed by atoms with Crippen LogP contribution in [0.15, 0.2) is 12.1 Å². The van der Waals surface area contributed by atoms with E-state index in [1.54, 1.807) is 6.07 Å². The molecule has 1 aromatic heterocycles. The summed E-state index contributed by atoms with van der Waals surface area (Å²) >= 11 is 0. The van der Waals surface area contributed by atoms with Crippen molar-refractivity contribution in [3.05, 3.63) is 27.9 Å². The van der Waals surface area contributed by atoms with Crippen molar-refractivity contribution in [3.8, 4) is 0 Å². The zero-order valence-electron chi connectivity index (χ0n) is 9.80. The van der Waals surface area contributed by atoms with Gasteiger partial charge in [-0.1, -0.05) is 0 Å². The Bertz CT molecular complexity index is 435. The first kappa shape index (κ1) is 11.8. The van der Waals surface area contributed by atoms with E-state index >= 15 is 0 Å². The van der Waals surface area contributed by atoms with Gasteiger partial charge in [0.2, 0.25) is 5.82 Å². The predicted octanol–water partition coefficient (Wildman–Crippen LogP) is 1.08. The lowest BCUT2D eigenvalue weighted by Gasteiger charge is -2.17. The normalized spacial score (nSPS) is 19.6. The Labute approximate surface area is 99.6 Å². The Morgan fingerprint density at radius 2 is 2.41 bits per heavy atom. The molecule has 1 unspecified atom stereocenters. The highest BCUT2D eigenvalue weighted by molar-refractivity contribution is 5.58. The van der Waals surface area contributed by atoms with Gasteiger partial charge in [-0.3, -0.25) is 10.1 Å². The number of nitro groups is 1. The van der Waals surface area contributed by atoms with Crippen LogP contribution in [0, 0.1) is 23.0 Å². The van der Waals surface area contributed by atoms with Gasteiger partial charge in [-0.2, -0.15) is 0 Å². The highest BCUT2D eigenvalue weighted by Gasteiger charge is 2.28. The average Bonchev–Trinajstić information content (AvgIpc) is 2.76. The molecular weight excluding hydrogens is 220 g/mol. The van der Waals surface area contributed by atoms with Gasteiger partial charge < -0.3 is 10.6 Å². The molecule has 2 N–H and O–H groups in total. The van der Waals surface area contributed by atoms with Crippen LogP contribution in [0.1, 0.15) is 12.1 Å². The second-order valence-electron chi connectivity index (χ2n) is 4.39. The summed E-state index contributed by atoms with van der Waals surface area (Å²) in [5.74, 6) is 0.892. The average molecular weight is 236 g/mol. The van der Waals surface area contributed by atoms with Gasteiger partial charge in [0.15, 0.2) is 0 Å². The van der Waals surface area contributed by atoms with E-state index in [0.29, 0.717) is 18.3 Å². The van der Waals surface area contributed by atoms with E-state index in [1.807, 2.05) is 11.8 Å². The zero-order chi connectivity index (χ0) is 12.4. The first-order valence-corrected chi connectivity index (χ1v) is 5.69. The molecule has 1 saturated heterocycles. The van der Waals surface area contributed by atoms with Crippen molar-refractivity contribution in [1.82, 2.24) is 4.98 Å². The van der Waals surface area contributed by atoms with Crippen molar-refractivity contribution in [2.75, 3.05) is 24.5 Å². The molecule has 17 heavy (non-hydrogen) atoms. The molecule has 1 aromatic rings. The molecule has 0 saturated carbocycles. The molecule has 1 aliphatic rings. The highest BCUT2D eigenvalue weighted by atomic mass is 16.6. The number of hydrogen-bond acceptors (Lipinski definition) is 5. The van der Waals surface area contributed by atoms with Crippen LogP contribution < -0.4 is 10.6 Å². The topological polar surface area (TPSA) is 85.3 Å². The van der Waals surface area contributed by atoms with Crippen LogP contribution in [-0.2, 0) is 0 Å². The van der Waals surface area contributed by atoms with Gasteiger partial charge in [-0.25, -0.2) is 4.98 Å². The molecule has 0 aromatic carbocycles.